The number of nitrogens with zero attached hydrogens (tertiary/aromatic N) is 1. The molecule has 0 heterocycles. The molecule has 1 amide bonds. The Balaban J connectivity index is 0. The Morgan fingerprint density at radius 1 is 1.36 bits per heavy atom. The molecule has 0 aliphatic heterocycles. The van der Waals surface area contributed by atoms with Crippen LogP contribution in [0.1, 0.15) is 20.8 Å². The van der Waals surface area contributed by atoms with Crippen LogP contribution < -0.4 is 56.5 Å². The number of carbonyl (C=O) groups excluding carboxylic acids is 2. The molecular formula is C8H14KNO4. The Morgan fingerprint density at radius 2 is 1.79 bits per heavy atom. The second-order valence-corrected chi connectivity index (χ2v) is 3.71. The van der Waals surface area contributed by atoms with Crippen LogP contribution in [0.25, 0.3) is 0 Å². The summed E-state index contributed by atoms with van der Waals surface area (Å²) in [6.45, 7) is 4.65. The van der Waals surface area contributed by atoms with E-state index < -0.39 is 24.2 Å². The molecule has 0 aliphatic carbocycles. The van der Waals surface area contributed by atoms with Crippen molar-refractivity contribution in [1.29, 1.82) is 0 Å². The number of carboxylic acid groups (broad SMARTS) is 1. The molecule has 0 unspecified atom stereocenters. The molecule has 0 saturated carbocycles. The maximum Gasteiger partial charge on any atom is 1.00 e. The zero-order valence-corrected chi connectivity index (χ0v) is 12.4. The minimum Gasteiger partial charge on any atom is -0.548 e. The number of hydrogen-bond acceptors (Lipinski definition) is 4. The van der Waals surface area contributed by atoms with Crippen molar-refractivity contribution in [1.82, 2.24) is 4.90 Å². The van der Waals surface area contributed by atoms with Crippen LogP contribution in [0.5, 0.6) is 0 Å². The maximum atomic E-state index is 11.1. The molecule has 0 aromatic carbocycles. The molecule has 0 aliphatic rings. The molecule has 0 spiro atoms. The molecule has 0 fully saturated rings. The van der Waals surface area contributed by atoms with E-state index >= 15 is 0 Å². The van der Waals surface area contributed by atoms with Crippen molar-refractivity contribution in [3.05, 3.63) is 0 Å². The summed E-state index contributed by atoms with van der Waals surface area (Å²) in [6, 6.07) is 0. The van der Waals surface area contributed by atoms with Crippen LogP contribution in [0, 0.1) is 0 Å². The van der Waals surface area contributed by atoms with Gasteiger partial charge in [0, 0.05) is 7.05 Å². The molecule has 0 rings (SSSR count). The molecule has 0 aromatic heterocycles. The van der Waals surface area contributed by atoms with E-state index in [1.807, 2.05) is 0 Å². The number of amides is 1. The van der Waals surface area contributed by atoms with E-state index in [0.717, 1.165) is 4.90 Å². The van der Waals surface area contributed by atoms with E-state index in [9.17, 15) is 14.7 Å². The summed E-state index contributed by atoms with van der Waals surface area (Å²) in [7, 11) is 1.34. The first kappa shape index (κ1) is 16.8. The van der Waals surface area contributed by atoms with Crippen LogP contribution in [-0.2, 0) is 9.53 Å². The number of hydrogen-bond donors (Lipinski definition) is 0. The number of ether oxygens (including phenoxy) is 1. The van der Waals surface area contributed by atoms with Gasteiger partial charge in [-0.1, -0.05) is 0 Å². The molecule has 6 heteroatoms. The largest absolute Gasteiger partial charge is 1.00 e. The van der Waals surface area contributed by atoms with Gasteiger partial charge in [-0.25, -0.2) is 4.79 Å². The Morgan fingerprint density at radius 3 is 2.07 bits per heavy atom. The standard InChI is InChI=1S/C8H15NO4.K/c1-8(2,3)13-7(12)9(4)5-6(10)11;/h5H2,1-4H3,(H,10,11);/q;+1/p-1. The van der Waals surface area contributed by atoms with Crippen molar-refractivity contribution >= 4 is 12.1 Å². The SMILES string of the molecule is CN(CC(=O)[O-])C(=O)OC(C)(C)C.[K+]. The maximum absolute atomic E-state index is 11.1. The summed E-state index contributed by atoms with van der Waals surface area (Å²) in [5.41, 5.74) is -0.614. The van der Waals surface area contributed by atoms with Crippen molar-refractivity contribution in [2.75, 3.05) is 13.6 Å². The van der Waals surface area contributed by atoms with Crippen LogP contribution in [0.15, 0.2) is 0 Å². The zero-order chi connectivity index (χ0) is 10.6. The number of likely N-dealkylation sites (N-methyl/N-ethyl adjacent to an activating group) is 1. The topological polar surface area (TPSA) is 69.7 Å². The normalized spacial score (nSPS) is 10.0. The van der Waals surface area contributed by atoms with Gasteiger partial charge in [0.25, 0.3) is 0 Å². The smallest absolute Gasteiger partial charge is 0.548 e. The summed E-state index contributed by atoms with van der Waals surface area (Å²) in [4.78, 5) is 22.2. The van der Waals surface area contributed by atoms with Crippen molar-refractivity contribution in [3.8, 4) is 0 Å². The predicted molar refractivity (Wildman–Crippen MR) is 43.9 cm³/mol. The van der Waals surface area contributed by atoms with Gasteiger partial charge in [0.05, 0.1) is 12.5 Å². The van der Waals surface area contributed by atoms with Gasteiger partial charge < -0.3 is 19.5 Å². The predicted octanol–water partition coefficient (Wildman–Crippen LogP) is -3.39. The first-order valence-corrected chi connectivity index (χ1v) is 3.86. The van der Waals surface area contributed by atoms with Gasteiger partial charge in [-0.3, -0.25) is 0 Å². The summed E-state index contributed by atoms with van der Waals surface area (Å²) in [5, 5.41) is 10.1. The monoisotopic (exact) mass is 227 g/mol. The Kier molecular flexibility index (Phi) is 8.14. The van der Waals surface area contributed by atoms with Crippen LogP contribution in [-0.4, -0.2) is 36.2 Å². The van der Waals surface area contributed by atoms with E-state index in [0.29, 0.717) is 0 Å². The molecular weight excluding hydrogens is 213 g/mol. The van der Waals surface area contributed by atoms with Crippen LogP contribution >= 0.6 is 0 Å². The van der Waals surface area contributed by atoms with Gasteiger partial charge in [0.15, 0.2) is 0 Å². The molecule has 0 N–H and O–H groups in total. The van der Waals surface area contributed by atoms with E-state index in [4.69, 9.17) is 4.74 Å². The van der Waals surface area contributed by atoms with Crippen molar-refractivity contribution in [2.24, 2.45) is 0 Å². The quantitative estimate of drug-likeness (QED) is 0.461. The van der Waals surface area contributed by atoms with Gasteiger partial charge in [-0.15, -0.1) is 0 Å². The number of carboxylic acids is 1. The minimum atomic E-state index is -1.31. The van der Waals surface area contributed by atoms with Crippen LogP contribution in [0.2, 0.25) is 0 Å². The van der Waals surface area contributed by atoms with E-state index in [1.165, 1.54) is 7.05 Å². The zero-order valence-electron chi connectivity index (χ0n) is 9.29. The third kappa shape index (κ3) is 8.95. The molecule has 0 atom stereocenters. The summed E-state index contributed by atoms with van der Waals surface area (Å²) >= 11 is 0. The molecule has 0 saturated heterocycles. The fourth-order valence-corrected chi connectivity index (χ4v) is 0.598. The van der Waals surface area contributed by atoms with Gasteiger partial charge in [0.2, 0.25) is 0 Å². The van der Waals surface area contributed by atoms with Gasteiger partial charge in [-0.05, 0) is 20.8 Å². The van der Waals surface area contributed by atoms with Crippen molar-refractivity contribution < 1.29 is 70.8 Å². The van der Waals surface area contributed by atoms with Gasteiger partial charge >= 0.3 is 57.5 Å². The second kappa shape index (κ2) is 6.79. The van der Waals surface area contributed by atoms with E-state index in [-0.39, 0.29) is 51.4 Å². The fourth-order valence-electron chi connectivity index (χ4n) is 0.598. The Hall–Kier alpha value is 0.376. The molecule has 5 nitrogen and oxygen atoms in total. The minimum absolute atomic E-state index is 0. The molecule has 76 valence electrons. The Bertz CT molecular complexity index is 212. The van der Waals surface area contributed by atoms with Crippen molar-refractivity contribution in [2.45, 2.75) is 26.4 Å². The Labute approximate surface area is 126 Å². The van der Waals surface area contributed by atoms with E-state index in [2.05, 4.69) is 0 Å². The third-order valence-corrected chi connectivity index (χ3v) is 1.07. The average molecular weight is 227 g/mol. The first-order chi connectivity index (χ1) is 5.72. The molecule has 14 heavy (non-hydrogen) atoms. The molecule has 0 aromatic rings. The fraction of sp³-hybridized carbons (Fsp3) is 0.750. The third-order valence-electron chi connectivity index (χ3n) is 1.07. The van der Waals surface area contributed by atoms with E-state index in [1.54, 1.807) is 20.8 Å². The number of rotatable bonds is 2. The first-order valence-electron chi connectivity index (χ1n) is 3.86. The van der Waals surface area contributed by atoms with Crippen LogP contribution in [0.4, 0.5) is 4.79 Å². The molecule has 0 radical (unpaired) electrons. The molecule has 0 bridgehead atoms. The summed E-state index contributed by atoms with van der Waals surface area (Å²) < 4.78 is 4.90. The average Bonchev–Trinajstić information content (AvgIpc) is 1.81. The van der Waals surface area contributed by atoms with Gasteiger partial charge in [0.1, 0.15) is 5.60 Å². The summed E-state index contributed by atoms with van der Waals surface area (Å²) in [6.07, 6.45) is -0.670. The number of aliphatic carboxylic acids is 1. The van der Waals surface area contributed by atoms with Crippen LogP contribution in [0.3, 0.4) is 0 Å². The summed E-state index contributed by atoms with van der Waals surface area (Å²) in [5.74, 6) is -1.31. The second-order valence-electron chi connectivity index (χ2n) is 3.71. The number of carbonyl (C=O) groups is 2. The van der Waals surface area contributed by atoms with Gasteiger partial charge in [-0.2, -0.15) is 0 Å². The van der Waals surface area contributed by atoms with Crippen molar-refractivity contribution in [3.63, 3.8) is 0 Å².